The fraction of sp³-hybridized carbons (Fsp3) is 0.396. The van der Waals surface area contributed by atoms with E-state index in [1.807, 2.05) is 105 Å². The van der Waals surface area contributed by atoms with Crippen LogP contribution in [-0.2, 0) is 50.2 Å². The number of carbonyl (C=O) groups excluding carboxylic acids is 2. The molecule has 70 heavy (non-hydrogen) atoms. The third-order valence-electron chi connectivity index (χ3n) is 11.3. The number of aryl methyl sites for hydroxylation is 2. The largest absolute Gasteiger partial charge is 0.497 e. The van der Waals surface area contributed by atoms with Gasteiger partial charge in [0, 0.05) is 37.7 Å². The number of non-ortho nitro benzene ring substituents is 1. The van der Waals surface area contributed by atoms with Gasteiger partial charge in [-0.3, -0.25) is 14.9 Å². The zero-order valence-corrected chi connectivity index (χ0v) is 41.5. The van der Waals surface area contributed by atoms with Gasteiger partial charge in [0.1, 0.15) is 24.7 Å². The van der Waals surface area contributed by atoms with Crippen LogP contribution >= 0.6 is 0 Å². The molecule has 0 aliphatic carbocycles. The number of amides is 2. The number of rotatable bonds is 30. The number of alkyl carbamates (subject to hydrolysis) is 1. The van der Waals surface area contributed by atoms with Crippen molar-refractivity contribution in [1.82, 2.24) is 14.9 Å². The van der Waals surface area contributed by atoms with Crippen molar-refractivity contribution >= 4 is 27.7 Å². The van der Waals surface area contributed by atoms with Crippen molar-refractivity contribution in [2.24, 2.45) is 5.92 Å². The van der Waals surface area contributed by atoms with Crippen molar-refractivity contribution < 1.29 is 51.4 Å². The molecule has 0 aliphatic heterocycles. The van der Waals surface area contributed by atoms with Crippen molar-refractivity contribution in [3.8, 4) is 23.0 Å². The van der Waals surface area contributed by atoms with Crippen molar-refractivity contribution in [3.05, 3.63) is 154 Å². The van der Waals surface area contributed by atoms with Gasteiger partial charge in [0.2, 0.25) is 15.9 Å². The van der Waals surface area contributed by atoms with Crippen LogP contribution in [0.3, 0.4) is 0 Å². The first-order valence-electron chi connectivity index (χ1n) is 23.4. The zero-order valence-electron chi connectivity index (χ0n) is 40.7. The molecule has 5 rings (SSSR count). The topological polar surface area (TPSA) is 194 Å². The summed E-state index contributed by atoms with van der Waals surface area (Å²) < 4.78 is 63.0. The minimum absolute atomic E-state index is 0.0365. The van der Waals surface area contributed by atoms with Crippen LogP contribution in [0.2, 0.25) is 0 Å². The van der Waals surface area contributed by atoms with Gasteiger partial charge < -0.3 is 39.1 Å². The van der Waals surface area contributed by atoms with Gasteiger partial charge in [-0.05, 0) is 115 Å². The van der Waals surface area contributed by atoms with Crippen molar-refractivity contribution in [1.29, 1.82) is 0 Å². The molecular weight excluding hydrogens is 917 g/mol. The predicted octanol–water partition coefficient (Wildman–Crippen LogP) is 8.73. The number of benzene rings is 5. The highest BCUT2D eigenvalue weighted by molar-refractivity contribution is 7.89. The van der Waals surface area contributed by atoms with Crippen LogP contribution in [0.25, 0.3) is 0 Å². The number of nitrogens with zero attached hydrogens (tertiary/aromatic N) is 2. The average Bonchev–Trinajstić information content (AvgIpc) is 3.36. The molecule has 0 bridgehead atoms. The summed E-state index contributed by atoms with van der Waals surface area (Å²) in [5, 5.41) is 17.1. The Balaban J connectivity index is 1.14. The highest BCUT2D eigenvalue weighted by Gasteiger charge is 2.28. The Labute approximate surface area is 411 Å². The lowest BCUT2D eigenvalue weighted by Gasteiger charge is -2.27. The number of nitro benzene ring substituents is 1. The number of nitrogens with one attached hydrogen (secondary N) is 2. The number of ether oxygens (including phenoxy) is 6. The molecule has 0 aromatic heterocycles. The number of hydrogen-bond acceptors (Lipinski definition) is 12. The Bertz CT molecular complexity index is 2510. The lowest BCUT2D eigenvalue weighted by Crippen LogP contribution is -2.42. The second kappa shape index (κ2) is 28.1. The van der Waals surface area contributed by atoms with Crippen LogP contribution in [0.15, 0.2) is 126 Å². The Morgan fingerprint density at radius 2 is 1.43 bits per heavy atom. The molecule has 0 aliphatic rings. The van der Waals surface area contributed by atoms with Crippen LogP contribution in [0.5, 0.6) is 23.0 Å². The molecule has 2 atom stereocenters. The Morgan fingerprint density at radius 3 is 2.10 bits per heavy atom. The molecule has 16 nitrogen and oxygen atoms in total. The van der Waals surface area contributed by atoms with Crippen molar-refractivity contribution in [2.45, 2.75) is 82.4 Å². The summed E-state index contributed by atoms with van der Waals surface area (Å²) in [4.78, 5) is 37.2. The van der Waals surface area contributed by atoms with Gasteiger partial charge in [-0.1, -0.05) is 74.5 Å². The third-order valence-corrected chi connectivity index (χ3v) is 13.2. The van der Waals surface area contributed by atoms with Gasteiger partial charge in [-0.25, -0.2) is 13.2 Å². The Kier molecular flexibility index (Phi) is 21.8. The number of methoxy groups -OCH3 is 3. The number of hydrogen-bond donors (Lipinski definition) is 2. The first-order chi connectivity index (χ1) is 33.8. The van der Waals surface area contributed by atoms with E-state index in [1.165, 1.54) is 28.6 Å². The van der Waals surface area contributed by atoms with Crippen LogP contribution in [0.4, 0.5) is 10.5 Å². The van der Waals surface area contributed by atoms with E-state index in [2.05, 4.69) is 16.7 Å². The molecule has 0 saturated heterocycles. The van der Waals surface area contributed by atoms with E-state index in [0.717, 1.165) is 41.5 Å². The van der Waals surface area contributed by atoms with Gasteiger partial charge in [0.25, 0.3) is 5.69 Å². The molecule has 0 heterocycles. The summed E-state index contributed by atoms with van der Waals surface area (Å²) >= 11 is 0. The van der Waals surface area contributed by atoms with E-state index in [4.69, 9.17) is 28.4 Å². The quantitative estimate of drug-likeness (QED) is 0.0253. The van der Waals surface area contributed by atoms with E-state index >= 15 is 0 Å². The lowest BCUT2D eigenvalue weighted by atomic mass is 10.0. The number of sulfonamides is 1. The maximum Gasteiger partial charge on any atom is 0.407 e. The smallest absolute Gasteiger partial charge is 0.407 e. The van der Waals surface area contributed by atoms with E-state index in [1.54, 1.807) is 21.3 Å². The van der Waals surface area contributed by atoms with Gasteiger partial charge in [0.15, 0.2) is 11.5 Å². The molecule has 376 valence electrons. The Morgan fingerprint density at radius 1 is 0.743 bits per heavy atom. The SMILES string of the molecule is COc1ccc(COC(CCC(=O)NCCOc2cccc(CCCc3ccc(OC)c(OC)c3)c2)COC(=O)N[C@H](CCN(CC(C)C)S(=O)(=O)c2ccc([N+](=O)[O-])cc2)Cc2ccccc2)cc1. The molecule has 2 amide bonds. The van der Waals surface area contributed by atoms with E-state index in [-0.39, 0.29) is 81.1 Å². The highest BCUT2D eigenvalue weighted by Crippen LogP contribution is 2.28. The van der Waals surface area contributed by atoms with Crippen molar-refractivity contribution in [3.63, 3.8) is 0 Å². The fourth-order valence-electron chi connectivity index (χ4n) is 7.62. The summed E-state index contributed by atoms with van der Waals surface area (Å²) in [6.07, 6.45) is 2.27. The van der Waals surface area contributed by atoms with E-state index in [9.17, 15) is 28.1 Å². The van der Waals surface area contributed by atoms with Crippen LogP contribution in [-0.4, -0.2) is 96.0 Å². The van der Waals surface area contributed by atoms with Gasteiger partial charge in [-0.15, -0.1) is 0 Å². The molecule has 0 spiro atoms. The monoisotopic (exact) mass is 982 g/mol. The zero-order chi connectivity index (χ0) is 50.3. The second-order valence-electron chi connectivity index (χ2n) is 17.1. The third kappa shape index (κ3) is 18.0. The summed E-state index contributed by atoms with van der Waals surface area (Å²) in [6.45, 7) is 4.62. The molecular formula is C53H66N4O12S. The molecule has 17 heteroatoms. The maximum atomic E-state index is 13.8. The van der Waals surface area contributed by atoms with E-state index < -0.39 is 33.2 Å². The molecule has 2 N–H and O–H groups in total. The molecule has 0 saturated carbocycles. The minimum atomic E-state index is -4.04. The second-order valence-corrected chi connectivity index (χ2v) is 19.1. The first-order valence-corrected chi connectivity index (χ1v) is 24.9. The van der Waals surface area contributed by atoms with Crippen LogP contribution in [0, 0.1) is 16.0 Å². The molecule has 5 aromatic carbocycles. The predicted molar refractivity (Wildman–Crippen MR) is 267 cm³/mol. The summed E-state index contributed by atoms with van der Waals surface area (Å²) in [6, 6.07) is 35.0. The number of carbonyl (C=O) groups is 2. The standard InChI is InChI=1S/C53H66N4O12S/c1-39(2)36-56(70(62,63)49-25-20-45(21-26-49)57(60)61)31-29-44(33-40-11-7-6-8-12-40)55-53(59)69-38-48(68-37-43-17-22-46(64-3)23-18-43)24-28-52(58)54-30-32-67-47-16-10-15-41(34-47)13-9-14-42-19-27-50(65-4)51(35-42)66-5/h6-8,10-12,15-23,25-27,34-35,39,44,48H,9,13-14,24,28-33,36-38H2,1-5H3,(H,54,58)(H,55,59)/t44-,48?/m1/s1. The van der Waals surface area contributed by atoms with Gasteiger partial charge >= 0.3 is 6.09 Å². The molecule has 5 aromatic rings. The minimum Gasteiger partial charge on any atom is -0.497 e. The van der Waals surface area contributed by atoms with E-state index in [0.29, 0.717) is 29.4 Å². The summed E-state index contributed by atoms with van der Waals surface area (Å²) in [7, 11) is 0.791. The van der Waals surface area contributed by atoms with Crippen LogP contribution < -0.4 is 29.6 Å². The average molecular weight is 983 g/mol. The summed E-state index contributed by atoms with van der Waals surface area (Å²) in [5.74, 6) is 2.56. The van der Waals surface area contributed by atoms with Crippen molar-refractivity contribution in [2.75, 3.05) is 54.2 Å². The molecule has 0 radical (unpaired) electrons. The van der Waals surface area contributed by atoms with Gasteiger partial charge in [0.05, 0.1) is 50.4 Å². The normalized spacial score (nSPS) is 12.2. The number of nitro groups is 1. The summed E-state index contributed by atoms with van der Waals surface area (Å²) in [5.41, 5.74) is 3.87. The maximum absolute atomic E-state index is 13.8. The molecule has 0 fully saturated rings. The fourth-order valence-corrected chi connectivity index (χ4v) is 9.24. The van der Waals surface area contributed by atoms with Gasteiger partial charge in [-0.2, -0.15) is 4.31 Å². The highest BCUT2D eigenvalue weighted by atomic mass is 32.2. The van der Waals surface area contributed by atoms with Crippen LogP contribution in [0.1, 0.15) is 61.8 Å². The Hall–Kier alpha value is -6.69. The first kappa shape index (κ1) is 54.3. The molecule has 1 unspecified atom stereocenters. The lowest BCUT2D eigenvalue weighted by molar-refractivity contribution is -0.384.